The fourth-order valence-electron chi connectivity index (χ4n) is 5.92. The molecule has 2 heterocycles. The van der Waals surface area contributed by atoms with Crippen LogP contribution in [-0.4, -0.2) is 11.3 Å². The number of fused-ring (bicyclic) bond motifs is 6. The van der Waals surface area contributed by atoms with Crippen molar-refractivity contribution in [3.05, 3.63) is 83.5 Å². The van der Waals surface area contributed by atoms with Crippen LogP contribution in [0.2, 0.25) is 0 Å². The summed E-state index contributed by atoms with van der Waals surface area (Å²) in [6.07, 6.45) is 12.0. The lowest BCUT2D eigenvalue weighted by Gasteiger charge is -2.32. The van der Waals surface area contributed by atoms with Gasteiger partial charge >= 0.3 is 0 Å². The molecule has 0 amide bonds. The van der Waals surface area contributed by atoms with Crippen LogP contribution in [0, 0.1) is 11.8 Å². The topological polar surface area (TPSA) is 12.0 Å². The molecule has 0 bridgehead atoms. The van der Waals surface area contributed by atoms with Gasteiger partial charge in [-0.15, -0.1) is 11.8 Å². The highest BCUT2D eigenvalue weighted by atomic mass is 32.2. The molecule has 5 unspecified atom stereocenters. The maximum absolute atomic E-state index is 3.85. The molecule has 6 atom stereocenters. The van der Waals surface area contributed by atoms with Crippen LogP contribution in [-0.2, 0) is 6.42 Å². The first-order valence-electron chi connectivity index (χ1n) is 10.3. The summed E-state index contributed by atoms with van der Waals surface area (Å²) in [5.41, 5.74) is 6.10. The van der Waals surface area contributed by atoms with Gasteiger partial charge in [0.2, 0.25) is 0 Å². The van der Waals surface area contributed by atoms with Crippen molar-refractivity contribution in [2.45, 2.75) is 47.8 Å². The lowest BCUT2D eigenvalue weighted by Crippen LogP contribution is -2.25. The van der Waals surface area contributed by atoms with Gasteiger partial charge in [-0.2, -0.15) is 0 Å². The predicted octanol–water partition coefficient (Wildman–Crippen LogP) is 6.15. The van der Waals surface area contributed by atoms with E-state index in [-0.39, 0.29) is 0 Å². The van der Waals surface area contributed by atoms with Crippen molar-refractivity contribution < 1.29 is 0 Å². The normalized spacial score (nSPS) is 35.1. The Morgan fingerprint density at radius 2 is 1.63 bits per heavy atom. The van der Waals surface area contributed by atoms with Crippen LogP contribution in [0.1, 0.15) is 41.9 Å². The number of aryl methyl sites for hydroxylation is 1. The van der Waals surface area contributed by atoms with Gasteiger partial charge in [-0.05, 0) is 54.4 Å². The zero-order chi connectivity index (χ0) is 18.0. The molecule has 2 aromatic carbocycles. The highest BCUT2D eigenvalue weighted by molar-refractivity contribution is 8.00. The minimum absolute atomic E-state index is 0.571. The van der Waals surface area contributed by atoms with Crippen LogP contribution in [0.4, 0.5) is 5.69 Å². The summed E-state index contributed by atoms with van der Waals surface area (Å²) in [4.78, 5) is 1.50. The van der Waals surface area contributed by atoms with Crippen molar-refractivity contribution in [1.29, 1.82) is 0 Å². The molecular weight excluding hydrogens is 346 g/mol. The molecule has 4 aliphatic rings. The van der Waals surface area contributed by atoms with Crippen LogP contribution in [0.3, 0.4) is 0 Å². The lowest BCUT2D eigenvalue weighted by molar-refractivity contribution is 0.483. The van der Waals surface area contributed by atoms with Gasteiger partial charge in [0.1, 0.15) is 0 Å². The molecule has 1 saturated carbocycles. The first-order chi connectivity index (χ1) is 13.3. The number of rotatable bonds is 1. The molecule has 27 heavy (non-hydrogen) atoms. The van der Waals surface area contributed by atoms with Crippen molar-refractivity contribution in [2.75, 3.05) is 5.32 Å². The van der Waals surface area contributed by atoms with Gasteiger partial charge in [-0.3, -0.25) is 0 Å². The first kappa shape index (κ1) is 16.1. The highest BCUT2D eigenvalue weighted by Gasteiger charge is 2.54. The fourth-order valence-corrected chi connectivity index (χ4v) is 7.66. The summed E-state index contributed by atoms with van der Waals surface area (Å²) in [6, 6.07) is 16.7. The third kappa shape index (κ3) is 2.32. The number of benzene rings is 2. The van der Waals surface area contributed by atoms with E-state index in [0.29, 0.717) is 35.0 Å². The molecule has 0 spiro atoms. The Morgan fingerprint density at radius 3 is 2.48 bits per heavy atom. The van der Waals surface area contributed by atoms with E-state index in [4.69, 9.17) is 0 Å². The van der Waals surface area contributed by atoms with Gasteiger partial charge in [0.25, 0.3) is 0 Å². The maximum Gasteiger partial charge on any atom is 0.0410 e. The minimum Gasteiger partial charge on any atom is -0.382 e. The highest BCUT2D eigenvalue weighted by Crippen LogP contribution is 2.65. The quantitative estimate of drug-likeness (QED) is 0.645. The van der Waals surface area contributed by atoms with Crippen molar-refractivity contribution in [3.63, 3.8) is 0 Å². The van der Waals surface area contributed by atoms with Gasteiger partial charge in [-0.1, -0.05) is 60.7 Å². The van der Waals surface area contributed by atoms with E-state index in [1.165, 1.54) is 29.0 Å². The van der Waals surface area contributed by atoms with Crippen LogP contribution >= 0.6 is 11.8 Å². The summed E-state index contributed by atoms with van der Waals surface area (Å²) < 4.78 is 0. The summed E-state index contributed by atoms with van der Waals surface area (Å²) in [5.74, 6) is 2.44. The molecule has 1 N–H and O–H groups in total. The van der Waals surface area contributed by atoms with E-state index >= 15 is 0 Å². The van der Waals surface area contributed by atoms with Gasteiger partial charge in [0.05, 0.1) is 0 Å². The van der Waals surface area contributed by atoms with Gasteiger partial charge in [-0.25, -0.2) is 0 Å². The van der Waals surface area contributed by atoms with Gasteiger partial charge in [0, 0.05) is 33.7 Å². The molecule has 2 aliphatic carbocycles. The number of hydrogen-bond donors (Lipinski definition) is 1. The zero-order valence-electron chi connectivity index (χ0n) is 15.6. The fraction of sp³-hybridized carbons (Fsp3) is 0.360. The zero-order valence-corrected chi connectivity index (χ0v) is 16.5. The molecule has 1 fully saturated rings. The molecule has 0 radical (unpaired) electrons. The molecule has 2 aromatic rings. The van der Waals surface area contributed by atoms with Crippen LogP contribution in [0.5, 0.6) is 0 Å². The third-order valence-corrected chi connectivity index (χ3v) is 8.56. The Balaban J connectivity index is 1.50. The molecule has 136 valence electrons. The second-order valence-electron chi connectivity index (χ2n) is 8.56. The van der Waals surface area contributed by atoms with Gasteiger partial charge < -0.3 is 5.32 Å². The van der Waals surface area contributed by atoms with Crippen LogP contribution in [0.15, 0.2) is 71.7 Å². The molecule has 2 aliphatic heterocycles. The maximum atomic E-state index is 3.85. The van der Waals surface area contributed by atoms with E-state index < -0.39 is 0 Å². The second-order valence-corrected chi connectivity index (χ2v) is 9.78. The van der Waals surface area contributed by atoms with E-state index in [0.717, 1.165) is 0 Å². The lowest BCUT2D eigenvalue weighted by atomic mass is 9.79. The van der Waals surface area contributed by atoms with Crippen LogP contribution in [0.25, 0.3) is 0 Å². The van der Waals surface area contributed by atoms with E-state index in [9.17, 15) is 0 Å². The molecule has 0 aromatic heterocycles. The number of allylic oxidation sites excluding steroid dienone is 4. The second kappa shape index (κ2) is 6.04. The third-order valence-electron chi connectivity index (χ3n) is 7.08. The Kier molecular flexibility index (Phi) is 3.59. The summed E-state index contributed by atoms with van der Waals surface area (Å²) in [6.45, 7) is 2.32. The van der Waals surface area contributed by atoms with E-state index in [1.54, 1.807) is 11.1 Å². The molecular formula is C25H25NS. The predicted molar refractivity (Wildman–Crippen MR) is 115 cm³/mol. The van der Waals surface area contributed by atoms with E-state index in [1.807, 2.05) is 0 Å². The van der Waals surface area contributed by atoms with Crippen molar-refractivity contribution in [3.8, 4) is 0 Å². The summed E-state index contributed by atoms with van der Waals surface area (Å²) >= 11 is 2.13. The Morgan fingerprint density at radius 1 is 0.889 bits per heavy atom. The van der Waals surface area contributed by atoms with Crippen molar-refractivity contribution >= 4 is 17.4 Å². The number of para-hydroxylation sites is 1. The molecule has 1 nitrogen and oxygen atoms in total. The summed E-state index contributed by atoms with van der Waals surface area (Å²) in [7, 11) is 0. The van der Waals surface area contributed by atoms with Gasteiger partial charge in [0.15, 0.2) is 0 Å². The SMILES string of the molecule is CC1CCc2cccc(C3C4Sc5ccccc5C4C4C=CC=C[C@H]43)c2N1. The largest absolute Gasteiger partial charge is 0.382 e. The first-order valence-corrected chi connectivity index (χ1v) is 11.2. The minimum atomic E-state index is 0.571. The number of nitrogens with one attached hydrogen (secondary N) is 1. The average Bonchev–Trinajstić information content (AvgIpc) is 3.22. The molecule has 6 rings (SSSR count). The average molecular weight is 372 g/mol. The smallest absolute Gasteiger partial charge is 0.0410 e. The monoisotopic (exact) mass is 371 g/mol. The number of anilines is 1. The van der Waals surface area contributed by atoms with E-state index in [2.05, 4.69) is 90.8 Å². The molecule has 2 heteroatoms. The number of thioether (sulfide) groups is 1. The van der Waals surface area contributed by atoms with Crippen molar-refractivity contribution in [2.24, 2.45) is 11.8 Å². The number of hydrogen-bond acceptors (Lipinski definition) is 2. The Labute approximate surface area is 166 Å². The Hall–Kier alpha value is -1.93. The van der Waals surface area contributed by atoms with Crippen molar-refractivity contribution in [1.82, 2.24) is 0 Å². The summed E-state index contributed by atoms with van der Waals surface area (Å²) in [5, 5.41) is 4.49. The van der Waals surface area contributed by atoms with Crippen LogP contribution < -0.4 is 5.32 Å². The standard InChI is InChI=1S/C25H25NS/c1-15-13-14-16-7-6-11-20(24(16)26-15)23-18-9-3-2-8-17(18)22-19-10-4-5-12-21(19)27-25(22)23/h2-12,15,17-18,22-23,25-26H,13-14H2,1H3/t15?,17?,18-,22?,23?,25?/m1/s1. The molecule has 0 saturated heterocycles. The Bertz CT molecular complexity index is 959.